The van der Waals surface area contributed by atoms with Gasteiger partial charge in [-0.05, 0) is 38.0 Å². The van der Waals surface area contributed by atoms with Crippen molar-refractivity contribution in [3.8, 4) is 0 Å². The maximum atomic E-state index is 9.81. The largest absolute Gasteiger partial charge is 0.393 e. The first kappa shape index (κ1) is 10.7. The van der Waals surface area contributed by atoms with Crippen molar-refractivity contribution in [1.29, 1.82) is 0 Å². The maximum Gasteiger partial charge on any atom is 0.0572 e. The highest BCUT2D eigenvalue weighted by Gasteiger charge is 2.18. The lowest BCUT2D eigenvalue weighted by Crippen LogP contribution is -2.21. The van der Waals surface area contributed by atoms with Gasteiger partial charge in [0, 0.05) is 13.7 Å². The van der Waals surface area contributed by atoms with Gasteiger partial charge in [-0.2, -0.15) is 0 Å². The Balaban J connectivity index is 2.14. The van der Waals surface area contributed by atoms with Gasteiger partial charge in [0.25, 0.3) is 0 Å². The molecule has 0 bridgehead atoms. The highest BCUT2D eigenvalue weighted by atomic mass is 16.5. The summed E-state index contributed by atoms with van der Waals surface area (Å²) in [7, 11) is 1.70. The summed E-state index contributed by atoms with van der Waals surface area (Å²) in [5, 5.41) is 9.81. The van der Waals surface area contributed by atoms with E-state index >= 15 is 0 Å². The first-order valence-electron chi connectivity index (χ1n) is 5.16. The van der Waals surface area contributed by atoms with Crippen LogP contribution in [-0.2, 0) is 4.74 Å². The van der Waals surface area contributed by atoms with Gasteiger partial charge in [-0.25, -0.2) is 0 Å². The van der Waals surface area contributed by atoms with E-state index in [4.69, 9.17) is 4.74 Å². The monoisotopic (exact) mass is 184 g/mol. The SMILES string of the molecule is COCCCC(O)C1CC=CCC1. The van der Waals surface area contributed by atoms with Gasteiger partial charge in [-0.1, -0.05) is 12.2 Å². The molecule has 0 aliphatic heterocycles. The zero-order chi connectivity index (χ0) is 9.52. The molecule has 1 aliphatic rings. The third kappa shape index (κ3) is 3.92. The molecule has 1 aliphatic carbocycles. The fraction of sp³-hybridized carbons (Fsp3) is 0.818. The predicted molar refractivity (Wildman–Crippen MR) is 53.6 cm³/mol. The van der Waals surface area contributed by atoms with Crippen LogP contribution in [0.1, 0.15) is 32.1 Å². The van der Waals surface area contributed by atoms with Gasteiger partial charge < -0.3 is 9.84 Å². The Morgan fingerprint density at radius 1 is 1.54 bits per heavy atom. The van der Waals surface area contributed by atoms with Crippen molar-refractivity contribution >= 4 is 0 Å². The Morgan fingerprint density at radius 3 is 3.00 bits per heavy atom. The van der Waals surface area contributed by atoms with Gasteiger partial charge in [0.15, 0.2) is 0 Å². The molecule has 0 aromatic carbocycles. The van der Waals surface area contributed by atoms with Gasteiger partial charge >= 0.3 is 0 Å². The van der Waals surface area contributed by atoms with Crippen LogP contribution in [0.4, 0.5) is 0 Å². The van der Waals surface area contributed by atoms with Crippen LogP contribution < -0.4 is 0 Å². The summed E-state index contributed by atoms with van der Waals surface area (Å²) >= 11 is 0. The minimum atomic E-state index is -0.125. The quantitative estimate of drug-likeness (QED) is 0.524. The number of ether oxygens (including phenoxy) is 1. The van der Waals surface area contributed by atoms with Crippen LogP contribution in [0.15, 0.2) is 12.2 Å². The van der Waals surface area contributed by atoms with Crippen molar-refractivity contribution in [3.05, 3.63) is 12.2 Å². The lowest BCUT2D eigenvalue weighted by molar-refractivity contribution is 0.0806. The molecule has 0 amide bonds. The molecule has 2 unspecified atom stereocenters. The summed E-state index contributed by atoms with van der Waals surface area (Å²) in [5.41, 5.74) is 0. The topological polar surface area (TPSA) is 29.5 Å². The van der Waals surface area contributed by atoms with E-state index in [2.05, 4.69) is 12.2 Å². The lowest BCUT2D eigenvalue weighted by atomic mass is 9.87. The van der Waals surface area contributed by atoms with E-state index in [1.807, 2.05) is 0 Å². The summed E-state index contributed by atoms with van der Waals surface area (Å²) in [6.45, 7) is 0.764. The molecule has 0 aromatic rings. The molecule has 2 nitrogen and oxygen atoms in total. The van der Waals surface area contributed by atoms with Gasteiger partial charge in [-0.15, -0.1) is 0 Å². The average molecular weight is 184 g/mol. The molecule has 0 radical (unpaired) electrons. The molecule has 0 saturated heterocycles. The summed E-state index contributed by atoms with van der Waals surface area (Å²) in [6, 6.07) is 0. The molecule has 76 valence electrons. The number of hydrogen-bond acceptors (Lipinski definition) is 2. The molecule has 0 saturated carbocycles. The van der Waals surface area contributed by atoms with Crippen LogP contribution in [0.3, 0.4) is 0 Å². The first-order chi connectivity index (χ1) is 6.34. The van der Waals surface area contributed by atoms with Gasteiger partial charge in [-0.3, -0.25) is 0 Å². The lowest BCUT2D eigenvalue weighted by Gasteiger charge is -2.23. The van der Waals surface area contributed by atoms with Gasteiger partial charge in [0.1, 0.15) is 0 Å². The molecule has 0 spiro atoms. The van der Waals surface area contributed by atoms with Crippen molar-refractivity contribution in [1.82, 2.24) is 0 Å². The molecule has 2 atom stereocenters. The summed E-state index contributed by atoms with van der Waals surface area (Å²) in [5.74, 6) is 0.488. The number of aliphatic hydroxyl groups is 1. The average Bonchev–Trinajstić information content (AvgIpc) is 2.19. The molecule has 1 N–H and O–H groups in total. The third-order valence-corrected chi connectivity index (χ3v) is 2.70. The van der Waals surface area contributed by atoms with Crippen molar-refractivity contribution in [2.75, 3.05) is 13.7 Å². The maximum absolute atomic E-state index is 9.81. The van der Waals surface area contributed by atoms with Crippen molar-refractivity contribution in [2.24, 2.45) is 5.92 Å². The van der Waals surface area contributed by atoms with Crippen molar-refractivity contribution in [3.63, 3.8) is 0 Å². The van der Waals surface area contributed by atoms with Crippen LogP contribution >= 0.6 is 0 Å². The van der Waals surface area contributed by atoms with E-state index < -0.39 is 0 Å². The number of hydrogen-bond donors (Lipinski definition) is 1. The minimum Gasteiger partial charge on any atom is -0.393 e. The summed E-state index contributed by atoms with van der Waals surface area (Å²) < 4.78 is 4.95. The second kappa shape index (κ2) is 6.17. The summed E-state index contributed by atoms with van der Waals surface area (Å²) in [6.07, 6.45) is 9.45. The normalized spacial score (nSPS) is 24.6. The molecule has 0 heterocycles. The van der Waals surface area contributed by atoms with Crippen LogP contribution in [0, 0.1) is 5.92 Å². The predicted octanol–water partition coefficient (Wildman–Crippen LogP) is 2.13. The molecule has 0 aromatic heterocycles. The Hall–Kier alpha value is -0.340. The Bertz CT molecular complexity index is 154. The molecule has 2 heteroatoms. The zero-order valence-electron chi connectivity index (χ0n) is 8.41. The Kier molecular flexibility index (Phi) is 5.09. The fourth-order valence-electron chi connectivity index (χ4n) is 1.84. The Morgan fingerprint density at radius 2 is 2.38 bits per heavy atom. The van der Waals surface area contributed by atoms with E-state index in [1.165, 1.54) is 0 Å². The number of methoxy groups -OCH3 is 1. The smallest absolute Gasteiger partial charge is 0.0572 e. The molecule has 0 fully saturated rings. The van der Waals surface area contributed by atoms with Crippen LogP contribution in [0.25, 0.3) is 0 Å². The van der Waals surface area contributed by atoms with E-state index in [-0.39, 0.29) is 6.10 Å². The van der Waals surface area contributed by atoms with E-state index in [1.54, 1.807) is 7.11 Å². The Labute approximate surface area is 80.6 Å². The first-order valence-corrected chi connectivity index (χ1v) is 5.16. The van der Waals surface area contributed by atoms with E-state index in [0.29, 0.717) is 5.92 Å². The number of rotatable bonds is 5. The molecular formula is C11H20O2. The highest BCUT2D eigenvalue weighted by molar-refractivity contribution is 4.92. The van der Waals surface area contributed by atoms with Gasteiger partial charge in [0.2, 0.25) is 0 Å². The van der Waals surface area contributed by atoms with Crippen LogP contribution in [-0.4, -0.2) is 24.9 Å². The van der Waals surface area contributed by atoms with Crippen LogP contribution in [0.2, 0.25) is 0 Å². The second-order valence-corrected chi connectivity index (χ2v) is 3.75. The highest BCUT2D eigenvalue weighted by Crippen LogP contribution is 2.23. The zero-order valence-corrected chi connectivity index (χ0v) is 8.41. The molecule has 1 rings (SSSR count). The van der Waals surface area contributed by atoms with E-state index in [9.17, 15) is 5.11 Å². The van der Waals surface area contributed by atoms with E-state index in [0.717, 1.165) is 38.7 Å². The number of aliphatic hydroxyl groups excluding tert-OH is 1. The third-order valence-electron chi connectivity index (χ3n) is 2.70. The summed E-state index contributed by atoms with van der Waals surface area (Å²) in [4.78, 5) is 0. The standard InChI is InChI=1S/C11H20O2/c1-13-9-5-8-11(12)10-6-3-2-4-7-10/h2-3,10-12H,4-9H2,1H3. The second-order valence-electron chi connectivity index (χ2n) is 3.75. The minimum absolute atomic E-state index is 0.125. The fourth-order valence-corrected chi connectivity index (χ4v) is 1.84. The molecule has 13 heavy (non-hydrogen) atoms. The van der Waals surface area contributed by atoms with Crippen LogP contribution in [0.5, 0.6) is 0 Å². The number of allylic oxidation sites excluding steroid dienone is 2. The van der Waals surface area contributed by atoms with Gasteiger partial charge in [0.05, 0.1) is 6.10 Å². The van der Waals surface area contributed by atoms with Crippen molar-refractivity contribution < 1.29 is 9.84 Å². The molecular weight excluding hydrogens is 164 g/mol. The van der Waals surface area contributed by atoms with Crippen molar-refractivity contribution in [2.45, 2.75) is 38.2 Å².